The van der Waals surface area contributed by atoms with Gasteiger partial charge in [-0.2, -0.15) is 5.26 Å². The summed E-state index contributed by atoms with van der Waals surface area (Å²) in [7, 11) is 8.94. The Morgan fingerprint density at radius 3 is 2.15 bits per heavy atom. The van der Waals surface area contributed by atoms with Crippen LogP contribution in [0.5, 0.6) is 17.2 Å². The summed E-state index contributed by atoms with van der Waals surface area (Å²) < 4.78 is 28.9. The van der Waals surface area contributed by atoms with Gasteiger partial charge in [0.2, 0.25) is 0 Å². The number of methoxy groups -OCH3 is 2. The second kappa shape index (κ2) is 12.3. The number of hydrogen-bond donors (Lipinski definition) is 2. The number of nitriles is 1. The molecule has 5 rings (SSSR count). The summed E-state index contributed by atoms with van der Waals surface area (Å²) in [4.78, 5) is 13.6. The average molecular weight is 537 g/mol. The summed E-state index contributed by atoms with van der Waals surface area (Å²) in [6, 6.07) is 19.7. The molecule has 1 aliphatic carbocycles. The largest absolute Gasteiger partial charge is 0.496 e. The third-order valence-corrected chi connectivity index (χ3v) is 6.52. The van der Waals surface area contributed by atoms with Crippen molar-refractivity contribution >= 4 is 6.29 Å². The molecule has 0 saturated heterocycles. The summed E-state index contributed by atoms with van der Waals surface area (Å²) in [5.74, 6) is 0.0584. The Morgan fingerprint density at radius 1 is 1.08 bits per heavy atom. The van der Waals surface area contributed by atoms with Gasteiger partial charge in [-0.1, -0.05) is 30.3 Å². The predicted octanol–water partition coefficient (Wildman–Crippen LogP) is 3.63. The van der Waals surface area contributed by atoms with E-state index in [2.05, 4.69) is 0 Å². The van der Waals surface area contributed by atoms with Crippen LogP contribution in [0.15, 0.2) is 66.7 Å². The molecule has 0 spiro atoms. The quantitative estimate of drug-likeness (QED) is 0.486. The third kappa shape index (κ3) is 5.59. The van der Waals surface area contributed by atoms with Gasteiger partial charge in [0.05, 0.1) is 31.4 Å². The number of halogens is 1. The second-order valence-corrected chi connectivity index (χ2v) is 9.67. The molecule has 0 radical (unpaired) electrons. The van der Waals surface area contributed by atoms with E-state index < -0.39 is 23.2 Å². The zero-order chi connectivity index (χ0) is 28.8. The van der Waals surface area contributed by atoms with E-state index in [1.807, 2.05) is 32.1 Å². The number of aliphatic hydroxyl groups is 2. The maximum absolute atomic E-state index is 11.9. The van der Waals surface area contributed by atoms with E-state index in [1.54, 1.807) is 54.6 Å². The van der Waals surface area contributed by atoms with Gasteiger partial charge in [-0.15, -0.1) is 0 Å². The Balaban J connectivity index is 0.000000320. The van der Waals surface area contributed by atoms with Crippen molar-refractivity contribution in [2.45, 2.75) is 23.7 Å². The molecule has 206 valence electrons. The Hall–Kier alpha value is -3.97. The Kier molecular flexibility index (Phi) is 9.30. The molecule has 0 aromatic heterocycles. The van der Waals surface area contributed by atoms with Gasteiger partial charge in [0.15, 0.2) is 11.2 Å². The SMILES string of the molecule is CN(C)C.COc1cc(OC)c2c(c1)O[C@]1(c3ccc(C#N)cc3)CC(C=O)C(O)[C@]21O.Fc1ccccc1. The van der Waals surface area contributed by atoms with Crippen molar-refractivity contribution in [2.75, 3.05) is 35.4 Å². The molecule has 3 aromatic rings. The summed E-state index contributed by atoms with van der Waals surface area (Å²) in [6.07, 6.45) is -0.699. The molecule has 39 heavy (non-hydrogen) atoms. The van der Waals surface area contributed by atoms with Crippen LogP contribution in [0.1, 0.15) is 23.1 Å². The maximum atomic E-state index is 11.9. The van der Waals surface area contributed by atoms with E-state index in [0.29, 0.717) is 28.9 Å². The molecule has 2 aliphatic rings. The minimum atomic E-state index is -1.92. The van der Waals surface area contributed by atoms with E-state index >= 15 is 0 Å². The van der Waals surface area contributed by atoms with Gasteiger partial charge in [0, 0.05) is 24.5 Å². The highest BCUT2D eigenvalue weighted by molar-refractivity contribution is 5.65. The summed E-state index contributed by atoms with van der Waals surface area (Å²) in [5.41, 5.74) is -2.05. The molecule has 0 amide bonds. The average Bonchev–Trinajstić information content (AvgIpc) is 3.32. The number of hydrogen-bond acceptors (Lipinski definition) is 8. The van der Waals surface area contributed by atoms with Crippen LogP contribution in [0.25, 0.3) is 0 Å². The Morgan fingerprint density at radius 2 is 1.69 bits per heavy atom. The van der Waals surface area contributed by atoms with Gasteiger partial charge in [-0.05, 0) is 51.0 Å². The monoisotopic (exact) mass is 536 g/mol. The van der Waals surface area contributed by atoms with Gasteiger partial charge in [0.1, 0.15) is 35.5 Å². The van der Waals surface area contributed by atoms with Gasteiger partial charge in [0.25, 0.3) is 0 Å². The lowest BCUT2D eigenvalue weighted by atomic mass is 9.76. The minimum Gasteiger partial charge on any atom is -0.496 e. The molecule has 0 bridgehead atoms. The van der Waals surface area contributed by atoms with Crippen LogP contribution >= 0.6 is 0 Å². The molecule has 1 saturated carbocycles. The molecule has 1 fully saturated rings. The van der Waals surface area contributed by atoms with Crippen molar-refractivity contribution in [2.24, 2.45) is 5.92 Å². The number of ether oxygens (including phenoxy) is 3. The van der Waals surface area contributed by atoms with Crippen LogP contribution in [0.4, 0.5) is 4.39 Å². The molecule has 2 unspecified atom stereocenters. The first-order valence-electron chi connectivity index (χ1n) is 12.2. The first kappa shape index (κ1) is 29.6. The van der Waals surface area contributed by atoms with Crippen LogP contribution in [0.2, 0.25) is 0 Å². The highest BCUT2D eigenvalue weighted by atomic mass is 19.1. The fourth-order valence-electron chi connectivity index (χ4n) is 4.85. The summed E-state index contributed by atoms with van der Waals surface area (Å²) in [6.45, 7) is 0. The number of rotatable bonds is 4. The Labute approximate surface area is 227 Å². The molecule has 4 atom stereocenters. The highest BCUT2D eigenvalue weighted by Gasteiger charge is 2.72. The van der Waals surface area contributed by atoms with E-state index in [4.69, 9.17) is 19.5 Å². The summed E-state index contributed by atoms with van der Waals surface area (Å²) >= 11 is 0. The number of benzene rings is 3. The van der Waals surface area contributed by atoms with Crippen LogP contribution in [-0.2, 0) is 16.0 Å². The number of aldehydes is 1. The topological polar surface area (TPSA) is 112 Å². The van der Waals surface area contributed by atoms with Gasteiger partial charge >= 0.3 is 0 Å². The normalized spacial score (nSPS) is 24.0. The van der Waals surface area contributed by atoms with Crippen molar-refractivity contribution in [3.8, 4) is 23.3 Å². The van der Waals surface area contributed by atoms with Crippen LogP contribution in [-0.4, -0.2) is 62.9 Å². The second-order valence-electron chi connectivity index (χ2n) is 9.67. The number of fused-ring (bicyclic) bond motifs is 3. The zero-order valence-corrected chi connectivity index (χ0v) is 22.6. The molecule has 1 aliphatic heterocycles. The van der Waals surface area contributed by atoms with Gasteiger partial charge in [-0.3, -0.25) is 0 Å². The van der Waals surface area contributed by atoms with E-state index in [9.17, 15) is 19.4 Å². The standard InChI is InChI=1S/C21H19NO6.C6H5F.C3H9N/c1-26-15-7-16(27-2)18-17(8-15)28-20(14-5-3-12(10-22)4-6-14)9-13(11-23)19(24)21(18,20)25;7-6-4-2-1-3-5-6;1-4(2)3/h3-8,11,13,19,24-25H,9H2,1-2H3;1-5H;1-3H3/t13?,19?,20-,21+;;/m0../s1. The van der Waals surface area contributed by atoms with Crippen molar-refractivity contribution in [1.29, 1.82) is 5.26 Å². The number of aliphatic hydroxyl groups excluding tert-OH is 1. The number of carbonyl (C=O) groups is 1. The highest BCUT2D eigenvalue weighted by Crippen LogP contribution is 2.65. The van der Waals surface area contributed by atoms with Crippen LogP contribution in [0.3, 0.4) is 0 Å². The van der Waals surface area contributed by atoms with Crippen molar-refractivity contribution in [3.05, 3.63) is 89.2 Å². The molecular weight excluding hydrogens is 503 g/mol. The third-order valence-electron chi connectivity index (χ3n) is 6.52. The van der Waals surface area contributed by atoms with Gasteiger partial charge in [-0.25, -0.2) is 4.39 Å². The fraction of sp³-hybridized carbons (Fsp3) is 0.333. The van der Waals surface area contributed by atoms with Crippen molar-refractivity contribution in [1.82, 2.24) is 4.90 Å². The van der Waals surface area contributed by atoms with E-state index in [-0.39, 0.29) is 23.6 Å². The Bertz CT molecular complexity index is 1310. The summed E-state index contributed by atoms with van der Waals surface area (Å²) in [5, 5.41) is 31.9. The number of carbonyl (C=O) groups excluding carboxylic acids is 1. The zero-order valence-electron chi connectivity index (χ0n) is 22.6. The first-order chi connectivity index (χ1) is 18.6. The molecule has 3 aromatic carbocycles. The fourth-order valence-corrected chi connectivity index (χ4v) is 4.85. The minimum absolute atomic E-state index is 0.0697. The lowest BCUT2D eigenvalue weighted by Crippen LogP contribution is -2.50. The maximum Gasteiger partial charge on any atom is 0.170 e. The van der Waals surface area contributed by atoms with Crippen LogP contribution < -0.4 is 14.2 Å². The van der Waals surface area contributed by atoms with Gasteiger partial charge < -0.3 is 34.1 Å². The molecule has 1 heterocycles. The lowest BCUT2D eigenvalue weighted by Gasteiger charge is -2.37. The predicted molar refractivity (Wildman–Crippen MR) is 143 cm³/mol. The smallest absolute Gasteiger partial charge is 0.170 e. The van der Waals surface area contributed by atoms with E-state index in [0.717, 1.165) is 0 Å². The first-order valence-corrected chi connectivity index (χ1v) is 12.2. The lowest BCUT2D eigenvalue weighted by molar-refractivity contribution is -0.150. The van der Waals surface area contributed by atoms with Crippen molar-refractivity contribution < 1.29 is 33.6 Å². The molecular formula is C30H33FN2O6. The molecule has 2 N–H and O–H groups in total. The number of nitrogens with zero attached hydrogens (tertiary/aromatic N) is 2. The van der Waals surface area contributed by atoms with Crippen LogP contribution in [0, 0.1) is 23.1 Å². The molecule has 9 heteroatoms. The molecule has 8 nitrogen and oxygen atoms in total. The van der Waals surface area contributed by atoms with E-state index in [1.165, 1.54) is 26.4 Å². The van der Waals surface area contributed by atoms with Crippen molar-refractivity contribution in [3.63, 3.8) is 0 Å².